The fourth-order valence-electron chi connectivity index (χ4n) is 1.16. The Hall–Kier alpha value is -1.42. The summed E-state index contributed by atoms with van der Waals surface area (Å²) in [4.78, 5) is 14.4. The summed E-state index contributed by atoms with van der Waals surface area (Å²) in [5, 5.41) is 8.73. The van der Waals surface area contributed by atoms with Gasteiger partial charge >= 0.3 is 5.97 Å². The topological polar surface area (TPSA) is 76.2 Å². The molecule has 1 aromatic heterocycles. The molecule has 4 heteroatoms. The van der Waals surface area contributed by atoms with Gasteiger partial charge in [-0.05, 0) is 23.6 Å². The standard InChI is InChI=1S/C10H14N2O2/c1-6(2)9(11)7-3-4-12-8(5-7)10(13)14/h3-6,9H,11H2,1-2H3,(H,13,14)/t9-/m1/s1. The smallest absolute Gasteiger partial charge is 0.354 e. The molecule has 1 atom stereocenters. The number of pyridine rings is 1. The van der Waals surface area contributed by atoms with Crippen LogP contribution < -0.4 is 5.73 Å². The van der Waals surface area contributed by atoms with Crippen molar-refractivity contribution in [3.05, 3.63) is 29.6 Å². The van der Waals surface area contributed by atoms with Crippen molar-refractivity contribution < 1.29 is 9.90 Å². The molecule has 0 spiro atoms. The highest BCUT2D eigenvalue weighted by Crippen LogP contribution is 2.18. The maximum atomic E-state index is 10.6. The molecule has 4 nitrogen and oxygen atoms in total. The summed E-state index contributed by atoms with van der Waals surface area (Å²) in [6.07, 6.45) is 1.47. The Bertz CT molecular complexity index is 337. The van der Waals surface area contributed by atoms with E-state index in [1.165, 1.54) is 12.3 Å². The molecule has 0 amide bonds. The Morgan fingerprint density at radius 2 is 2.21 bits per heavy atom. The molecule has 0 aliphatic rings. The van der Waals surface area contributed by atoms with Crippen molar-refractivity contribution >= 4 is 5.97 Å². The van der Waals surface area contributed by atoms with Gasteiger partial charge in [0, 0.05) is 12.2 Å². The van der Waals surface area contributed by atoms with Crippen molar-refractivity contribution in [3.63, 3.8) is 0 Å². The Balaban J connectivity index is 2.99. The maximum Gasteiger partial charge on any atom is 0.354 e. The Morgan fingerprint density at radius 1 is 1.57 bits per heavy atom. The molecular weight excluding hydrogens is 180 g/mol. The summed E-state index contributed by atoms with van der Waals surface area (Å²) in [6, 6.07) is 3.13. The van der Waals surface area contributed by atoms with E-state index in [2.05, 4.69) is 4.98 Å². The maximum absolute atomic E-state index is 10.6. The third kappa shape index (κ3) is 2.29. The van der Waals surface area contributed by atoms with E-state index in [0.717, 1.165) is 5.56 Å². The normalized spacial score (nSPS) is 12.9. The van der Waals surface area contributed by atoms with Crippen molar-refractivity contribution in [1.82, 2.24) is 4.98 Å². The summed E-state index contributed by atoms with van der Waals surface area (Å²) in [5.74, 6) is -0.748. The van der Waals surface area contributed by atoms with Crippen LogP contribution in [0.25, 0.3) is 0 Å². The molecule has 0 bridgehead atoms. The molecule has 76 valence electrons. The number of aromatic carboxylic acids is 1. The highest BCUT2D eigenvalue weighted by Gasteiger charge is 2.12. The molecule has 0 saturated carbocycles. The van der Waals surface area contributed by atoms with Crippen molar-refractivity contribution in [1.29, 1.82) is 0 Å². The van der Waals surface area contributed by atoms with Crippen LogP contribution >= 0.6 is 0 Å². The fraction of sp³-hybridized carbons (Fsp3) is 0.400. The third-order valence-corrected chi connectivity index (χ3v) is 2.11. The highest BCUT2D eigenvalue weighted by molar-refractivity contribution is 5.85. The molecule has 0 unspecified atom stereocenters. The van der Waals surface area contributed by atoms with Gasteiger partial charge in [0.1, 0.15) is 5.69 Å². The molecule has 3 N–H and O–H groups in total. The fourth-order valence-corrected chi connectivity index (χ4v) is 1.16. The minimum Gasteiger partial charge on any atom is -0.477 e. The SMILES string of the molecule is CC(C)[C@@H](N)c1ccnc(C(=O)O)c1. The van der Waals surface area contributed by atoms with Crippen LogP contribution in [0.5, 0.6) is 0 Å². The van der Waals surface area contributed by atoms with Crippen LogP contribution in [0.1, 0.15) is 35.9 Å². The molecule has 1 heterocycles. The highest BCUT2D eigenvalue weighted by atomic mass is 16.4. The summed E-state index contributed by atoms with van der Waals surface area (Å²) in [7, 11) is 0. The quantitative estimate of drug-likeness (QED) is 0.763. The molecule has 0 aliphatic heterocycles. The number of nitrogens with zero attached hydrogens (tertiary/aromatic N) is 1. The monoisotopic (exact) mass is 194 g/mol. The number of hydrogen-bond acceptors (Lipinski definition) is 3. The van der Waals surface area contributed by atoms with Gasteiger partial charge in [0.05, 0.1) is 0 Å². The van der Waals surface area contributed by atoms with Crippen LogP contribution in [-0.4, -0.2) is 16.1 Å². The zero-order valence-electron chi connectivity index (χ0n) is 8.27. The first-order valence-corrected chi connectivity index (χ1v) is 4.47. The zero-order valence-corrected chi connectivity index (χ0v) is 8.27. The number of carboxylic acids is 1. The van der Waals surface area contributed by atoms with Crippen LogP contribution in [0.15, 0.2) is 18.3 Å². The number of rotatable bonds is 3. The van der Waals surface area contributed by atoms with E-state index in [9.17, 15) is 4.79 Å². The summed E-state index contributed by atoms with van der Waals surface area (Å²) in [6.45, 7) is 3.98. The van der Waals surface area contributed by atoms with E-state index in [1.807, 2.05) is 13.8 Å². The van der Waals surface area contributed by atoms with Crippen LogP contribution in [0.3, 0.4) is 0 Å². The summed E-state index contributed by atoms with van der Waals surface area (Å²) < 4.78 is 0. The van der Waals surface area contributed by atoms with Gasteiger partial charge in [0.25, 0.3) is 0 Å². The number of hydrogen-bond donors (Lipinski definition) is 2. The van der Waals surface area contributed by atoms with Gasteiger partial charge in [-0.3, -0.25) is 0 Å². The van der Waals surface area contributed by atoms with E-state index in [-0.39, 0.29) is 17.7 Å². The first kappa shape index (κ1) is 10.7. The lowest BCUT2D eigenvalue weighted by atomic mass is 9.97. The first-order chi connectivity index (χ1) is 6.52. The molecule has 1 aromatic rings. The third-order valence-electron chi connectivity index (χ3n) is 2.11. The van der Waals surface area contributed by atoms with Crippen LogP contribution in [0, 0.1) is 5.92 Å². The van der Waals surface area contributed by atoms with Gasteiger partial charge in [-0.2, -0.15) is 0 Å². The summed E-state index contributed by atoms with van der Waals surface area (Å²) in [5.41, 5.74) is 6.74. The number of aromatic nitrogens is 1. The van der Waals surface area contributed by atoms with Crippen molar-refractivity contribution in [2.75, 3.05) is 0 Å². The Labute approximate surface area is 82.8 Å². The molecular formula is C10H14N2O2. The second-order valence-corrected chi connectivity index (χ2v) is 3.55. The lowest BCUT2D eigenvalue weighted by Gasteiger charge is -2.15. The predicted octanol–water partition coefficient (Wildman–Crippen LogP) is 1.44. The predicted molar refractivity (Wildman–Crippen MR) is 53.0 cm³/mol. The van der Waals surface area contributed by atoms with Gasteiger partial charge in [0.15, 0.2) is 0 Å². The van der Waals surface area contributed by atoms with Crippen molar-refractivity contribution in [2.45, 2.75) is 19.9 Å². The van der Waals surface area contributed by atoms with E-state index < -0.39 is 5.97 Å². The molecule has 14 heavy (non-hydrogen) atoms. The first-order valence-electron chi connectivity index (χ1n) is 4.47. The number of carboxylic acid groups (broad SMARTS) is 1. The average Bonchev–Trinajstić information content (AvgIpc) is 2.16. The van der Waals surface area contributed by atoms with E-state index >= 15 is 0 Å². The van der Waals surface area contributed by atoms with Crippen molar-refractivity contribution in [2.24, 2.45) is 11.7 Å². The molecule has 0 saturated heterocycles. The van der Waals surface area contributed by atoms with E-state index in [4.69, 9.17) is 10.8 Å². The Morgan fingerprint density at radius 3 is 2.71 bits per heavy atom. The second-order valence-electron chi connectivity index (χ2n) is 3.55. The van der Waals surface area contributed by atoms with Gasteiger partial charge < -0.3 is 10.8 Å². The van der Waals surface area contributed by atoms with E-state index in [1.54, 1.807) is 6.07 Å². The minimum absolute atomic E-state index is 0.0404. The van der Waals surface area contributed by atoms with Crippen LogP contribution in [-0.2, 0) is 0 Å². The van der Waals surface area contributed by atoms with Gasteiger partial charge in [-0.15, -0.1) is 0 Å². The van der Waals surface area contributed by atoms with Crippen LogP contribution in [0.2, 0.25) is 0 Å². The second kappa shape index (κ2) is 4.19. The minimum atomic E-state index is -1.03. The molecule has 1 rings (SSSR count). The number of nitrogens with two attached hydrogens (primary N) is 1. The van der Waals surface area contributed by atoms with Crippen LogP contribution in [0.4, 0.5) is 0 Å². The molecule has 0 radical (unpaired) electrons. The molecule has 0 aliphatic carbocycles. The van der Waals surface area contributed by atoms with Gasteiger partial charge in [-0.25, -0.2) is 9.78 Å². The summed E-state index contributed by atoms with van der Waals surface area (Å²) >= 11 is 0. The van der Waals surface area contributed by atoms with Gasteiger partial charge in [-0.1, -0.05) is 13.8 Å². The lowest BCUT2D eigenvalue weighted by molar-refractivity contribution is 0.0690. The largest absolute Gasteiger partial charge is 0.477 e. The van der Waals surface area contributed by atoms with Crippen molar-refractivity contribution in [3.8, 4) is 0 Å². The molecule has 0 fully saturated rings. The average molecular weight is 194 g/mol. The van der Waals surface area contributed by atoms with E-state index in [0.29, 0.717) is 0 Å². The molecule has 0 aromatic carbocycles. The zero-order chi connectivity index (χ0) is 10.7. The van der Waals surface area contributed by atoms with Gasteiger partial charge in [0.2, 0.25) is 0 Å². The number of carbonyl (C=O) groups is 1. The lowest BCUT2D eigenvalue weighted by Crippen LogP contribution is -2.17. The Kier molecular flexibility index (Phi) is 3.19.